The van der Waals surface area contributed by atoms with E-state index in [1.54, 1.807) is 12.4 Å². The quantitative estimate of drug-likeness (QED) is 0.940. The van der Waals surface area contributed by atoms with Crippen LogP contribution < -0.4 is 10.6 Å². The molecule has 0 bridgehead atoms. The van der Waals surface area contributed by atoms with Crippen LogP contribution in [-0.4, -0.2) is 35.2 Å². The van der Waals surface area contributed by atoms with Crippen molar-refractivity contribution in [2.24, 2.45) is 0 Å². The van der Waals surface area contributed by atoms with Gasteiger partial charge in [-0.3, -0.25) is 4.98 Å². The maximum absolute atomic E-state index is 6.07. The molecule has 1 aliphatic rings. The first-order valence-corrected chi connectivity index (χ1v) is 7.59. The molecule has 3 heterocycles. The first kappa shape index (κ1) is 13.3. The van der Waals surface area contributed by atoms with E-state index in [2.05, 4.69) is 21.2 Å². The Morgan fingerprint density at radius 1 is 1.45 bits per heavy atom. The van der Waals surface area contributed by atoms with Crippen molar-refractivity contribution in [2.45, 2.75) is 19.4 Å². The molecule has 1 atom stereocenters. The molecule has 20 heavy (non-hydrogen) atoms. The van der Waals surface area contributed by atoms with E-state index in [9.17, 15) is 0 Å². The summed E-state index contributed by atoms with van der Waals surface area (Å²) in [4.78, 5) is 6.40. The standard InChI is InChI=1S/C14H18N4OS/c1-2-11-9-18(7-8-19-11)14-12(13(15)17-20-14)10-3-5-16-6-4-10/h3-6,11H,2,7-9H2,1H3,(H2,15,17). The molecular formula is C14H18N4OS. The second kappa shape index (κ2) is 5.76. The maximum Gasteiger partial charge on any atom is 0.147 e. The number of ether oxygens (including phenoxy) is 1. The Kier molecular flexibility index (Phi) is 3.84. The second-order valence-corrected chi connectivity index (χ2v) is 5.58. The van der Waals surface area contributed by atoms with Gasteiger partial charge in [0.2, 0.25) is 0 Å². The van der Waals surface area contributed by atoms with Gasteiger partial charge in [0, 0.05) is 25.5 Å². The van der Waals surface area contributed by atoms with Crippen molar-refractivity contribution in [3.63, 3.8) is 0 Å². The molecule has 1 saturated heterocycles. The van der Waals surface area contributed by atoms with Gasteiger partial charge in [0.25, 0.3) is 0 Å². The van der Waals surface area contributed by atoms with Gasteiger partial charge in [0.1, 0.15) is 10.8 Å². The fourth-order valence-corrected chi connectivity index (χ4v) is 3.32. The summed E-state index contributed by atoms with van der Waals surface area (Å²) < 4.78 is 10.1. The van der Waals surface area contributed by atoms with Crippen LogP contribution in [0.5, 0.6) is 0 Å². The van der Waals surface area contributed by atoms with Crippen LogP contribution in [0.3, 0.4) is 0 Å². The molecule has 0 amide bonds. The van der Waals surface area contributed by atoms with Crippen LogP contribution in [0.1, 0.15) is 13.3 Å². The Balaban J connectivity index is 1.95. The van der Waals surface area contributed by atoms with Crippen molar-refractivity contribution in [3.8, 4) is 11.1 Å². The lowest BCUT2D eigenvalue weighted by Crippen LogP contribution is -2.42. The molecule has 1 fully saturated rings. The van der Waals surface area contributed by atoms with Crippen LogP contribution in [0.4, 0.5) is 10.8 Å². The highest BCUT2D eigenvalue weighted by Gasteiger charge is 2.24. The third kappa shape index (κ3) is 2.48. The number of morpholine rings is 1. The first-order valence-electron chi connectivity index (χ1n) is 6.81. The van der Waals surface area contributed by atoms with E-state index < -0.39 is 0 Å². The molecule has 2 aromatic rings. The average Bonchev–Trinajstić information content (AvgIpc) is 2.90. The van der Waals surface area contributed by atoms with Gasteiger partial charge in [0.05, 0.1) is 18.3 Å². The van der Waals surface area contributed by atoms with Crippen LogP contribution in [0.25, 0.3) is 11.1 Å². The fraction of sp³-hybridized carbons (Fsp3) is 0.429. The summed E-state index contributed by atoms with van der Waals surface area (Å²) in [5.74, 6) is 0.593. The van der Waals surface area contributed by atoms with E-state index in [1.165, 1.54) is 11.5 Å². The SMILES string of the molecule is CCC1CN(c2snc(N)c2-c2ccncc2)CCO1. The molecule has 0 radical (unpaired) electrons. The lowest BCUT2D eigenvalue weighted by molar-refractivity contribution is 0.0387. The van der Waals surface area contributed by atoms with E-state index in [-0.39, 0.29) is 6.10 Å². The lowest BCUT2D eigenvalue weighted by Gasteiger charge is -2.33. The minimum Gasteiger partial charge on any atom is -0.382 e. The molecule has 0 aromatic carbocycles. The van der Waals surface area contributed by atoms with Gasteiger partial charge in [-0.15, -0.1) is 0 Å². The zero-order chi connectivity index (χ0) is 13.9. The molecule has 5 nitrogen and oxygen atoms in total. The third-order valence-corrected chi connectivity index (χ3v) is 4.47. The van der Waals surface area contributed by atoms with Crippen molar-refractivity contribution in [1.29, 1.82) is 0 Å². The molecule has 0 saturated carbocycles. The zero-order valence-electron chi connectivity index (χ0n) is 11.5. The molecule has 0 spiro atoms. The Morgan fingerprint density at radius 3 is 3.00 bits per heavy atom. The van der Waals surface area contributed by atoms with Gasteiger partial charge < -0.3 is 15.4 Å². The van der Waals surface area contributed by atoms with Crippen LogP contribution >= 0.6 is 11.5 Å². The summed E-state index contributed by atoms with van der Waals surface area (Å²) in [7, 11) is 0. The Morgan fingerprint density at radius 2 is 2.25 bits per heavy atom. The molecule has 2 N–H and O–H groups in total. The molecule has 3 rings (SSSR count). The van der Waals surface area contributed by atoms with Crippen molar-refractivity contribution in [2.75, 3.05) is 30.3 Å². The number of nitrogens with two attached hydrogens (primary N) is 1. The maximum atomic E-state index is 6.07. The molecule has 2 aromatic heterocycles. The van der Waals surface area contributed by atoms with Crippen molar-refractivity contribution < 1.29 is 4.74 Å². The van der Waals surface area contributed by atoms with Crippen molar-refractivity contribution in [3.05, 3.63) is 24.5 Å². The highest BCUT2D eigenvalue weighted by Crippen LogP contribution is 2.39. The summed E-state index contributed by atoms with van der Waals surface area (Å²) in [5.41, 5.74) is 8.16. The molecule has 0 aliphatic carbocycles. The Bertz CT molecular complexity index is 572. The van der Waals surface area contributed by atoms with Crippen molar-refractivity contribution >= 4 is 22.4 Å². The summed E-state index contributed by atoms with van der Waals surface area (Å²) >= 11 is 1.47. The summed E-state index contributed by atoms with van der Waals surface area (Å²) in [6.45, 7) is 4.69. The van der Waals surface area contributed by atoms with E-state index >= 15 is 0 Å². The van der Waals surface area contributed by atoms with Gasteiger partial charge in [-0.2, -0.15) is 4.37 Å². The van der Waals surface area contributed by atoms with Gasteiger partial charge in [0.15, 0.2) is 0 Å². The number of aromatic nitrogens is 2. The molecule has 6 heteroatoms. The number of pyridine rings is 1. The van der Waals surface area contributed by atoms with E-state index in [4.69, 9.17) is 10.5 Å². The largest absolute Gasteiger partial charge is 0.382 e. The van der Waals surface area contributed by atoms with Crippen LogP contribution in [0.2, 0.25) is 0 Å². The number of anilines is 2. The van der Waals surface area contributed by atoms with Gasteiger partial charge in [-0.05, 0) is 35.6 Å². The number of nitrogens with zero attached hydrogens (tertiary/aromatic N) is 3. The van der Waals surface area contributed by atoms with Crippen molar-refractivity contribution in [1.82, 2.24) is 9.36 Å². The highest BCUT2D eigenvalue weighted by molar-refractivity contribution is 7.11. The summed E-state index contributed by atoms with van der Waals surface area (Å²) in [6, 6.07) is 3.95. The molecule has 1 aliphatic heterocycles. The first-order chi connectivity index (χ1) is 9.79. The Hall–Kier alpha value is -1.66. The third-order valence-electron chi connectivity index (χ3n) is 3.55. The van der Waals surface area contributed by atoms with Gasteiger partial charge in [-0.25, -0.2) is 0 Å². The Labute approximate surface area is 122 Å². The summed E-state index contributed by atoms with van der Waals surface area (Å²) in [6.07, 6.45) is 4.88. The molecule has 1 unspecified atom stereocenters. The smallest absolute Gasteiger partial charge is 0.147 e. The van der Waals surface area contributed by atoms with E-state index in [0.29, 0.717) is 5.82 Å². The highest BCUT2D eigenvalue weighted by atomic mass is 32.1. The number of hydrogen-bond acceptors (Lipinski definition) is 6. The van der Waals surface area contributed by atoms with Crippen LogP contribution in [-0.2, 0) is 4.74 Å². The average molecular weight is 290 g/mol. The minimum atomic E-state index is 0.289. The molecule has 106 valence electrons. The number of hydrogen-bond donors (Lipinski definition) is 1. The van der Waals surface area contributed by atoms with Crippen LogP contribution in [0, 0.1) is 0 Å². The predicted molar refractivity (Wildman–Crippen MR) is 82.0 cm³/mol. The monoisotopic (exact) mass is 290 g/mol. The normalized spacial score (nSPS) is 19.2. The van der Waals surface area contributed by atoms with E-state index in [0.717, 1.165) is 42.2 Å². The minimum absolute atomic E-state index is 0.289. The zero-order valence-corrected chi connectivity index (χ0v) is 12.3. The predicted octanol–water partition coefficient (Wildman–Crippen LogP) is 2.40. The van der Waals surface area contributed by atoms with E-state index in [1.807, 2.05) is 12.1 Å². The summed E-state index contributed by atoms with van der Waals surface area (Å²) in [5, 5.41) is 1.13. The van der Waals surface area contributed by atoms with Gasteiger partial charge in [-0.1, -0.05) is 6.92 Å². The van der Waals surface area contributed by atoms with Gasteiger partial charge >= 0.3 is 0 Å². The topological polar surface area (TPSA) is 64.3 Å². The number of nitrogen functional groups attached to an aromatic ring is 1. The molecular weight excluding hydrogens is 272 g/mol. The lowest BCUT2D eigenvalue weighted by atomic mass is 10.1. The van der Waals surface area contributed by atoms with Crippen LogP contribution in [0.15, 0.2) is 24.5 Å². The number of rotatable bonds is 3. The second-order valence-electron chi connectivity index (χ2n) is 4.83. The fourth-order valence-electron chi connectivity index (χ4n) is 2.45.